The van der Waals surface area contributed by atoms with Crippen molar-refractivity contribution in [1.29, 1.82) is 0 Å². The second-order valence-electron chi connectivity index (χ2n) is 9.53. The number of nitrogens with two attached hydrogens (primary N) is 1. The van der Waals surface area contributed by atoms with Gasteiger partial charge in [-0.15, -0.1) is 0 Å². The van der Waals surface area contributed by atoms with Gasteiger partial charge in [0.25, 0.3) is 11.8 Å². The lowest BCUT2D eigenvalue weighted by atomic mass is 9.85. The molecule has 0 saturated carbocycles. The van der Waals surface area contributed by atoms with Gasteiger partial charge in [0.15, 0.2) is 5.69 Å². The van der Waals surface area contributed by atoms with Gasteiger partial charge in [0.2, 0.25) is 0 Å². The number of carbonyl (C=O) groups is 2. The number of carbonyl (C=O) groups excluding carboxylic acids is 2. The molecule has 10 nitrogen and oxygen atoms in total. The van der Waals surface area contributed by atoms with Crippen molar-refractivity contribution in [3.05, 3.63) is 71.0 Å². The molecule has 3 aliphatic heterocycles. The number of hydrogen-bond donors (Lipinski definition) is 1. The maximum atomic E-state index is 13.8. The lowest BCUT2D eigenvalue weighted by Gasteiger charge is -2.51. The summed E-state index contributed by atoms with van der Waals surface area (Å²) in [6.45, 7) is 4.91. The molecule has 2 saturated heterocycles. The molecule has 37 heavy (non-hydrogen) atoms. The Balaban J connectivity index is 1.32. The van der Waals surface area contributed by atoms with Crippen LogP contribution in [-0.4, -0.2) is 79.7 Å². The zero-order chi connectivity index (χ0) is 25.6. The Bertz CT molecular complexity index is 1320. The van der Waals surface area contributed by atoms with E-state index in [-0.39, 0.29) is 17.1 Å². The normalized spacial score (nSPS) is 19.3. The first-order chi connectivity index (χ1) is 18.0. The third kappa shape index (κ3) is 3.88. The summed E-state index contributed by atoms with van der Waals surface area (Å²) in [7, 11) is 1.59. The summed E-state index contributed by atoms with van der Waals surface area (Å²) >= 11 is 0. The fourth-order valence-corrected chi connectivity index (χ4v) is 5.48. The van der Waals surface area contributed by atoms with E-state index in [2.05, 4.69) is 22.1 Å². The highest BCUT2D eigenvalue weighted by molar-refractivity contribution is 6.09. The smallest absolute Gasteiger partial charge is 0.277 e. The van der Waals surface area contributed by atoms with Crippen LogP contribution >= 0.6 is 0 Å². The van der Waals surface area contributed by atoms with Crippen LogP contribution in [0.3, 0.4) is 0 Å². The van der Waals surface area contributed by atoms with E-state index in [9.17, 15) is 9.59 Å². The van der Waals surface area contributed by atoms with Gasteiger partial charge in [-0.1, -0.05) is 12.1 Å². The first kappa shape index (κ1) is 23.7. The first-order valence-electron chi connectivity index (χ1n) is 12.4. The van der Waals surface area contributed by atoms with E-state index in [4.69, 9.17) is 19.9 Å². The minimum Gasteiger partial charge on any atom is -0.497 e. The lowest BCUT2D eigenvalue weighted by molar-refractivity contribution is -0.166. The molecule has 2 aromatic carbocycles. The van der Waals surface area contributed by atoms with Gasteiger partial charge in [0.05, 0.1) is 44.8 Å². The molecule has 0 unspecified atom stereocenters. The van der Waals surface area contributed by atoms with Crippen molar-refractivity contribution in [3.8, 4) is 11.4 Å². The first-order valence-corrected chi connectivity index (χ1v) is 12.4. The van der Waals surface area contributed by atoms with Gasteiger partial charge in [-0.3, -0.25) is 14.5 Å². The molecule has 0 spiro atoms. The summed E-state index contributed by atoms with van der Waals surface area (Å²) in [6, 6.07) is 15.3. The molecule has 192 valence electrons. The van der Waals surface area contributed by atoms with Crippen molar-refractivity contribution in [3.63, 3.8) is 0 Å². The van der Waals surface area contributed by atoms with Gasteiger partial charge < -0.3 is 24.8 Å². The van der Waals surface area contributed by atoms with E-state index in [0.29, 0.717) is 48.9 Å². The molecule has 1 aromatic heterocycles. The Morgan fingerprint density at radius 2 is 1.65 bits per heavy atom. The summed E-state index contributed by atoms with van der Waals surface area (Å²) < 4.78 is 17.9. The lowest BCUT2D eigenvalue weighted by Crippen LogP contribution is -2.62. The standard InChI is InChI=1S/C27H29N5O5/c1-35-21-8-6-20(7-9-21)32-24-22(23(29-32)25(28)33)10-11-31(26(24)34)19-4-2-18(3-5-19)27(16-37-17-27)30-12-14-36-15-13-30/h2-9H,10-17H2,1H3,(H2,28,33). The molecular weight excluding hydrogens is 474 g/mol. The number of benzene rings is 2. The summed E-state index contributed by atoms with van der Waals surface area (Å²) in [6.07, 6.45) is 0.475. The Labute approximate surface area is 214 Å². The number of aromatic nitrogens is 2. The fraction of sp³-hybridized carbons (Fsp3) is 0.370. The van der Waals surface area contributed by atoms with Crippen LogP contribution < -0.4 is 15.4 Å². The molecule has 10 heteroatoms. The van der Waals surface area contributed by atoms with Crippen LogP contribution in [0, 0.1) is 0 Å². The van der Waals surface area contributed by atoms with Gasteiger partial charge in [0.1, 0.15) is 11.4 Å². The third-order valence-electron chi connectivity index (χ3n) is 7.58. The fourth-order valence-electron chi connectivity index (χ4n) is 5.48. The van der Waals surface area contributed by atoms with E-state index in [1.54, 1.807) is 36.3 Å². The number of primary amides is 1. The Morgan fingerprint density at radius 3 is 2.24 bits per heavy atom. The van der Waals surface area contributed by atoms with Crippen LogP contribution in [0.25, 0.3) is 5.69 Å². The van der Waals surface area contributed by atoms with Crippen LogP contribution in [-0.2, 0) is 21.4 Å². The summed E-state index contributed by atoms with van der Waals surface area (Å²) in [5, 5.41) is 4.44. The minimum atomic E-state index is -0.648. The molecule has 0 atom stereocenters. The second kappa shape index (κ2) is 9.29. The predicted molar refractivity (Wildman–Crippen MR) is 135 cm³/mol. The van der Waals surface area contributed by atoms with Crippen molar-refractivity contribution in [2.75, 3.05) is 58.1 Å². The number of anilines is 1. The zero-order valence-electron chi connectivity index (χ0n) is 20.7. The average molecular weight is 504 g/mol. The van der Waals surface area contributed by atoms with Crippen molar-refractivity contribution in [1.82, 2.24) is 14.7 Å². The number of amides is 2. The number of ether oxygens (including phenoxy) is 3. The maximum absolute atomic E-state index is 13.8. The Kier molecular flexibility index (Phi) is 5.94. The molecule has 2 N–H and O–H groups in total. The second-order valence-corrected chi connectivity index (χ2v) is 9.53. The van der Waals surface area contributed by atoms with Crippen molar-refractivity contribution in [2.45, 2.75) is 12.0 Å². The monoisotopic (exact) mass is 503 g/mol. The molecule has 0 aliphatic carbocycles. The predicted octanol–water partition coefficient (Wildman–Crippen LogP) is 1.74. The number of fused-ring (bicyclic) bond motifs is 1. The van der Waals surface area contributed by atoms with Gasteiger partial charge in [-0.25, -0.2) is 4.68 Å². The highest BCUT2D eigenvalue weighted by Crippen LogP contribution is 2.38. The number of rotatable bonds is 6. The number of methoxy groups -OCH3 is 1. The van der Waals surface area contributed by atoms with Crippen LogP contribution in [0.15, 0.2) is 48.5 Å². The number of nitrogens with zero attached hydrogens (tertiary/aromatic N) is 4. The highest BCUT2D eigenvalue weighted by Gasteiger charge is 2.46. The summed E-state index contributed by atoms with van der Waals surface area (Å²) in [5.41, 5.74) is 9.15. The molecule has 3 aromatic rings. The zero-order valence-corrected chi connectivity index (χ0v) is 20.7. The van der Waals surface area contributed by atoms with Crippen LogP contribution in [0.5, 0.6) is 5.75 Å². The third-order valence-corrected chi connectivity index (χ3v) is 7.58. The van der Waals surface area contributed by atoms with Crippen molar-refractivity contribution < 1.29 is 23.8 Å². The Hall–Kier alpha value is -3.73. The van der Waals surface area contributed by atoms with Crippen LogP contribution in [0.4, 0.5) is 5.69 Å². The largest absolute Gasteiger partial charge is 0.497 e. The van der Waals surface area contributed by atoms with E-state index < -0.39 is 5.91 Å². The van der Waals surface area contributed by atoms with Gasteiger partial charge in [-0.2, -0.15) is 5.10 Å². The molecule has 4 heterocycles. The molecule has 3 aliphatic rings. The van der Waals surface area contributed by atoms with E-state index in [1.165, 1.54) is 10.2 Å². The average Bonchev–Trinajstić information content (AvgIpc) is 3.31. The molecule has 2 amide bonds. The van der Waals surface area contributed by atoms with E-state index in [1.807, 2.05) is 12.1 Å². The number of hydrogen-bond acceptors (Lipinski definition) is 7. The van der Waals surface area contributed by atoms with Gasteiger partial charge in [0, 0.05) is 30.9 Å². The van der Waals surface area contributed by atoms with Crippen LogP contribution in [0.1, 0.15) is 32.1 Å². The number of morpholine rings is 1. The van der Waals surface area contributed by atoms with Gasteiger partial charge >= 0.3 is 0 Å². The quantitative estimate of drug-likeness (QED) is 0.545. The summed E-state index contributed by atoms with van der Waals surface area (Å²) in [4.78, 5) is 30.1. The SMILES string of the molecule is COc1ccc(-n2nc(C(N)=O)c3c2C(=O)N(c2ccc(C4(N5CCOCC5)COC4)cc2)CC3)cc1. The maximum Gasteiger partial charge on any atom is 0.277 e. The summed E-state index contributed by atoms with van der Waals surface area (Å²) in [5.74, 6) is -0.190. The minimum absolute atomic E-state index is 0.131. The topological polar surface area (TPSA) is 112 Å². The van der Waals surface area contributed by atoms with Crippen molar-refractivity contribution >= 4 is 17.5 Å². The van der Waals surface area contributed by atoms with Crippen molar-refractivity contribution in [2.24, 2.45) is 5.73 Å². The van der Waals surface area contributed by atoms with E-state index >= 15 is 0 Å². The molecular formula is C27H29N5O5. The highest BCUT2D eigenvalue weighted by atomic mass is 16.5. The molecule has 6 rings (SSSR count). The molecule has 0 bridgehead atoms. The van der Waals surface area contributed by atoms with Gasteiger partial charge in [-0.05, 0) is 48.4 Å². The van der Waals surface area contributed by atoms with Crippen LogP contribution in [0.2, 0.25) is 0 Å². The van der Waals surface area contributed by atoms with E-state index in [0.717, 1.165) is 32.0 Å². The molecule has 2 fully saturated rings. The molecule has 0 radical (unpaired) electrons. The Morgan fingerprint density at radius 1 is 0.973 bits per heavy atom.